The fraction of sp³-hybridized carbons (Fsp3) is 0.789. The molecule has 0 saturated carbocycles. The lowest BCUT2D eigenvalue weighted by Crippen LogP contribution is -2.45. The van der Waals surface area contributed by atoms with Gasteiger partial charge in [0.05, 0.1) is 25.4 Å². The van der Waals surface area contributed by atoms with Crippen LogP contribution in [0.5, 0.6) is 0 Å². The zero-order valence-electron chi connectivity index (χ0n) is 41.5. The monoisotopic (exact) mass is 882 g/mol. The van der Waals surface area contributed by atoms with E-state index in [9.17, 15) is 19.8 Å². The molecule has 0 aliphatic carbocycles. The van der Waals surface area contributed by atoms with E-state index >= 15 is 0 Å². The largest absolute Gasteiger partial charge is 0.466 e. The maximum absolute atomic E-state index is 12.4. The molecule has 0 aromatic heterocycles. The highest BCUT2D eigenvalue weighted by molar-refractivity contribution is 5.76. The van der Waals surface area contributed by atoms with Crippen LogP contribution >= 0.6 is 0 Å². The van der Waals surface area contributed by atoms with Gasteiger partial charge in [0.25, 0.3) is 0 Å². The van der Waals surface area contributed by atoms with Gasteiger partial charge in [-0.15, -0.1) is 0 Å². The Morgan fingerprint density at radius 3 is 1.22 bits per heavy atom. The number of aliphatic hydroxyl groups is 2. The molecule has 366 valence electrons. The first-order valence-electron chi connectivity index (χ1n) is 27.1. The number of rotatable bonds is 49. The highest BCUT2D eigenvalue weighted by Crippen LogP contribution is 2.14. The molecule has 0 fully saturated rings. The van der Waals surface area contributed by atoms with Crippen LogP contribution in [0.15, 0.2) is 60.8 Å². The van der Waals surface area contributed by atoms with Gasteiger partial charge in [0.1, 0.15) is 0 Å². The number of esters is 1. The van der Waals surface area contributed by atoms with Crippen molar-refractivity contribution in [3.63, 3.8) is 0 Å². The second kappa shape index (κ2) is 52.2. The molecule has 63 heavy (non-hydrogen) atoms. The Hall–Kier alpha value is -2.44. The number of aliphatic hydroxyl groups excluding tert-OH is 2. The molecule has 0 rings (SSSR count). The number of unbranched alkanes of at least 4 members (excludes halogenated alkanes) is 30. The molecule has 0 aliphatic rings. The molecule has 0 heterocycles. The second-order valence-corrected chi connectivity index (χ2v) is 18.2. The van der Waals surface area contributed by atoms with Gasteiger partial charge in [-0.05, 0) is 103 Å². The molecule has 0 radical (unpaired) electrons. The van der Waals surface area contributed by atoms with Crippen LogP contribution in [0.25, 0.3) is 0 Å². The minimum absolute atomic E-state index is 0.0310. The van der Waals surface area contributed by atoms with Crippen molar-refractivity contribution in [2.45, 2.75) is 276 Å². The molecule has 2 atom stereocenters. The number of hydrogen-bond donors (Lipinski definition) is 3. The minimum atomic E-state index is -0.856. The number of nitrogens with one attached hydrogen (secondary N) is 1. The standard InChI is InChI=1S/C57H103NO5/c1-3-5-7-9-11-13-15-17-18-23-27-31-35-39-43-47-51-57(62)63-52-48-44-40-36-32-28-24-21-19-20-22-26-30-34-38-42-46-50-56(61)58-54(53-59)55(60)49-45-41-37-33-29-25-16-14-12-10-8-6-4-2/h13,15,18-19,21,23,28,32,45,49,54-55,59-60H,3-12,14,16-17,20,22,24-27,29-31,33-44,46-48,50-53H2,1-2H3,(H,58,61)/b15-13-,21-19-,23-18-,32-28-,49-45+. The lowest BCUT2D eigenvalue weighted by atomic mass is 10.0. The summed E-state index contributed by atoms with van der Waals surface area (Å²) in [6.45, 7) is 4.82. The van der Waals surface area contributed by atoms with E-state index < -0.39 is 12.1 Å². The van der Waals surface area contributed by atoms with Crippen LogP contribution in [0.3, 0.4) is 0 Å². The number of allylic oxidation sites excluding steroid dienone is 9. The molecule has 0 bridgehead atoms. The summed E-state index contributed by atoms with van der Waals surface area (Å²) in [6.07, 6.45) is 66.5. The Labute approximate surface area is 390 Å². The summed E-state index contributed by atoms with van der Waals surface area (Å²) in [5.41, 5.74) is 0. The van der Waals surface area contributed by atoms with Crippen LogP contribution in [0, 0.1) is 0 Å². The van der Waals surface area contributed by atoms with Gasteiger partial charge in [-0.1, -0.05) is 209 Å². The smallest absolute Gasteiger partial charge is 0.305 e. The van der Waals surface area contributed by atoms with E-state index in [0.29, 0.717) is 19.4 Å². The van der Waals surface area contributed by atoms with Crippen LogP contribution in [-0.4, -0.2) is 47.4 Å². The fourth-order valence-corrected chi connectivity index (χ4v) is 7.81. The van der Waals surface area contributed by atoms with Crippen LogP contribution in [0.2, 0.25) is 0 Å². The van der Waals surface area contributed by atoms with E-state index in [1.807, 2.05) is 6.08 Å². The first kappa shape index (κ1) is 60.6. The average Bonchev–Trinajstić information content (AvgIpc) is 3.28. The van der Waals surface area contributed by atoms with E-state index in [-0.39, 0.29) is 18.5 Å². The van der Waals surface area contributed by atoms with E-state index in [0.717, 1.165) is 96.3 Å². The Morgan fingerprint density at radius 1 is 0.444 bits per heavy atom. The number of carbonyl (C=O) groups is 2. The predicted octanol–water partition coefficient (Wildman–Crippen LogP) is 16.4. The summed E-state index contributed by atoms with van der Waals surface area (Å²) in [5, 5.41) is 23.0. The third-order valence-electron chi connectivity index (χ3n) is 12.0. The summed E-state index contributed by atoms with van der Waals surface area (Å²) in [4.78, 5) is 24.4. The highest BCUT2D eigenvalue weighted by Gasteiger charge is 2.18. The maximum atomic E-state index is 12.4. The van der Waals surface area contributed by atoms with Gasteiger partial charge in [0, 0.05) is 12.8 Å². The normalized spacial score (nSPS) is 13.1. The number of amides is 1. The van der Waals surface area contributed by atoms with Gasteiger partial charge < -0.3 is 20.3 Å². The third kappa shape index (κ3) is 48.8. The van der Waals surface area contributed by atoms with Crippen molar-refractivity contribution >= 4 is 11.9 Å². The van der Waals surface area contributed by atoms with Gasteiger partial charge in [-0.25, -0.2) is 0 Å². The molecule has 3 N–H and O–H groups in total. The van der Waals surface area contributed by atoms with Gasteiger partial charge in [0.15, 0.2) is 0 Å². The van der Waals surface area contributed by atoms with E-state index in [4.69, 9.17) is 4.74 Å². The van der Waals surface area contributed by atoms with Crippen LogP contribution < -0.4 is 5.32 Å². The maximum Gasteiger partial charge on any atom is 0.305 e. The molecule has 2 unspecified atom stereocenters. The van der Waals surface area contributed by atoms with Crippen molar-refractivity contribution in [1.29, 1.82) is 0 Å². The summed E-state index contributed by atoms with van der Waals surface area (Å²) < 4.78 is 5.44. The van der Waals surface area contributed by atoms with Crippen molar-refractivity contribution in [3.8, 4) is 0 Å². The van der Waals surface area contributed by atoms with Crippen molar-refractivity contribution in [2.24, 2.45) is 0 Å². The van der Waals surface area contributed by atoms with E-state index in [1.54, 1.807) is 6.08 Å². The Bertz CT molecular complexity index is 1110. The first-order valence-corrected chi connectivity index (χ1v) is 27.1. The zero-order valence-corrected chi connectivity index (χ0v) is 41.5. The van der Waals surface area contributed by atoms with Crippen molar-refractivity contribution < 1.29 is 24.5 Å². The minimum Gasteiger partial charge on any atom is -0.466 e. The zero-order chi connectivity index (χ0) is 45.8. The van der Waals surface area contributed by atoms with Gasteiger partial charge in [-0.2, -0.15) is 0 Å². The number of carbonyl (C=O) groups excluding carboxylic acids is 2. The second-order valence-electron chi connectivity index (χ2n) is 18.2. The molecule has 6 heteroatoms. The van der Waals surface area contributed by atoms with Gasteiger partial charge >= 0.3 is 5.97 Å². The molecule has 0 spiro atoms. The average molecular weight is 882 g/mol. The highest BCUT2D eigenvalue weighted by atomic mass is 16.5. The van der Waals surface area contributed by atoms with Crippen LogP contribution in [0.4, 0.5) is 0 Å². The van der Waals surface area contributed by atoms with E-state index in [1.165, 1.54) is 141 Å². The Kier molecular flexibility index (Phi) is 50.2. The topological polar surface area (TPSA) is 95.9 Å². The molecular weight excluding hydrogens is 779 g/mol. The van der Waals surface area contributed by atoms with Gasteiger partial charge in [-0.3, -0.25) is 9.59 Å². The Balaban J connectivity index is 3.54. The van der Waals surface area contributed by atoms with Gasteiger partial charge in [0.2, 0.25) is 5.91 Å². The van der Waals surface area contributed by atoms with Crippen LogP contribution in [-0.2, 0) is 14.3 Å². The fourth-order valence-electron chi connectivity index (χ4n) is 7.81. The molecule has 0 saturated heterocycles. The van der Waals surface area contributed by atoms with Crippen molar-refractivity contribution in [2.75, 3.05) is 13.2 Å². The lowest BCUT2D eigenvalue weighted by Gasteiger charge is -2.20. The van der Waals surface area contributed by atoms with E-state index in [2.05, 4.69) is 67.8 Å². The third-order valence-corrected chi connectivity index (χ3v) is 12.0. The lowest BCUT2D eigenvalue weighted by molar-refractivity contribution is -0.143. The van der Waals surface area contributed by atoms with Crippen molar-refractivity contribution in [1.82, 2.24) is 5.32 Å². The van der Waals surface area contributed by atoms with Crippen LogP contribution in [0.1, 0.15) is 264 Å². The predicted molar refractivity (Wildman–Crippen MR) is 273 cm³/mol. The SMILES string of the molecule is CCCCCC/C=C\C/C=C\CCCCCCCC(=O)OCCCCC/C=C\C/C=C\CCCCCCCCCC(=O)NC(CO)C(O)/C=C/CCCCCCCCCCCCC. The molecule has 0 aromatic carbocycles. The summed E-state index contributed by atoms with van der Waals surface area (Å²) in [5.74, 6) is -0.118. The first-order chi connectivity index (χ1) is 31.0. The molecule has 0 aromatic rings. The molecule has 6 nitrogen and oxygen atoms in total. The summed E-state index contributed by atoms with van der Waals surface area (Å²) >= 11 is 0. The Morgan fingerprint density at radius 2 is 0.794 bits per heavy atom. The number of hydrogen-bond acceptors (Lipinski definition) is 5. The molecular formula is C57H103NO5. The van der Waals surface area contributed by atoms with Crippen molar-refractivity contribution in [3.05, 3.63) is 60.8 Å². The number of ether oxygens (including phenoxy) is 1. The summed E-state index contributed by atoms with van der Waals surface area (Å²) in [7, 11) is 0. The quantitative estimate of drug-likeness (QED) is 0.0321. The summed E-state index contributed by atoms with van der Waals surface area (Å²) in [6, 6.07) is -0.641. The molecule has 0 aliphatic heterocycles. The molecule has 1 amide bonds.